The molecule has 7 heteroatoms. The quantitative estimate of drug-likeness (QED) is 0.464. The van der Waals surface area contributed by atoms with Gasteiger partial charge in [0.25, 0.3) is 5.56 Å². The highest BCUT2D eigenvalue weighted by atomic mass is 32.1. The van der Waals surface area contributed by atoms with Gasteiger partial charge in [-0.15, -0.1) is 0 Å². The summed E-state index contributed by atoms with van der Waals surface area (Å²) in [6, 6.07) is 15.6. The maximum absolute atomic E-state index is 13.1. The van der Waals surface area contributed by atoms with E-state index in [9.17, 15) is 4.79 Å². The first-order valence-electron chi connectivity index (χ1n) is 9.52. The lowest BCUT2D eigenvalue weighted by molar-refractivity contribution is 0.414. The highest BCUT2D eigenvalue weighted by molar-refractivity contribution is 7.20. The number of benzene rings is 2. The van der Waals surface area contributed by atoms with E-state index in [1.165, 1.54) is 16.0 Å². The van der Waals surface area contributed by atoms with Gasteiger partial charge in [-0.2, -0.15) is 4.68 Å². The van der Waals surface area contributed by atoms with Crippen LogP contribution in [0.1, 0.15) is 30.2 Å². The van der Waals surface area contributed by atoms with E-state index >= 15 is 0 Å². The van der Waals surface area contributed by atoms with Gasteiger partial charge in [-0.1, -0.05) is 48.9 Å². The largest absolute Gasteiger partial charge is 0.497 e. The number of hydrogen-bond acceptors (Lipinski definition) is 5. The Balaban J connectivity index is 1.64. The number of aromatic nitrogens is 3. The van der Waals surface area contributed by atoms with E-state index in [1.54, 1.807) is 13.3 Å². The van der Waals surface area contributed by atoms with Crippen molar-refractivity contribution in [3.05, 3.63) is 75.7 Å². The van der Waals surface area contributed by atoms with E-state index in [-0.39, 0.29) is 5.56 Å². The molecule has 0 spiro atoms. The topological polar surface area (TPSA) is 72.3 Å². The van der Waals surface area contributed by atoms with Crippen LogP contribution in [0.3, 0.4) is 0 Å². The molecule has 148 valence electrons. The number of ether oxygens (including phenoxy) is 1. The first-order valence-corrected chi connectivity index (χ1v) is 10.3. The average molecular weight is 407 g/mol. The van der Waals surface area contributed by atoms with Crippen molar-refractivity contribution in [1.82, 2.24) is 14.8 Å². The summed E-state index contributed by atoms with van der Waals surface area (Å²) in [4.78, 5) is 22.2. The van der Waals surface area contributed by atoms with Gasteiger partial charge >= 0.3 is 0 Å². The van der Waals surface area contributed by atoms with Gasteiger partial charge in [0.05, 0.1) is 29.4 Å². The minimum atomic E-state index is -0.119. The van der Waals surface area contributed by atoms with Crippen molar-refractivity contribution in [2.45, 2.75) is 26.3 Å². The average Bonchev–Trinajstić information content (AvgIpc) is 3.30. The molecule has 0 atom stereocenters. The Labute approximate surface area is 172 Å². The summed E-state index contributed by atoms with van der Waals surface area (Å²) in [6.45, 7) is 2.59. The molecule has 2 heterocycles. The molecule has 0 unspecified atom stereocenters. The Hall–Kier alpha value is -3.19. The van der Waals surface area contributed by atoms with Gasteiger partial charge in [0.15, 0.2) is 0 Å². The van der Waals surface area contributed by atoms with Crippen LogP contribution in [0.25, 0.3) is 15.3 Å². The first-order chi connectivity index (χ1) is 14.2. The number of aromatic amines is 1. The standard InChI is InChI=1S/C22H22N4O2S/c1-3-6-18-17(14-23-13-15-9-11-16(28-2)12-10-15)21(27)26(25-18)22-24-19-7-4-5-8-20(19)29-22/h4-5,7-12,14,25H,3,6,13H2,1-2H3. The van der Waals surface area contributed by atoms with Crippen LogP contribution in [0, 0.1) is 0 Å². The van der Waals surface area contributed by atoms with E-state index in [0.29, 0.717) is 17.2 Å². The molecule has 1 N–H and O–H groups in total. The van der Waals surface area contributed by atoms with Gasteiger partial charge in [0, 0.05) is 11.9 Å². The van der Waals surface area contributed by atoms with E-state index in [1.807, 2.05) is 48.5 Å². The highest BCUT2D eigenvalue weighted by Gasteiger charge is 2.16. The summed E-state index contributed by atoms with van der Waals surface area (Å²) in [5.74, 6) is 0.812. The molecule has 0 bridgehead atoms. The SMILES string of the molecule is CCCc1[nH]n(-c2nc3ccccc3s2)c(=O)c1C=NCc1ccc(OC)cc1. The Kier molecular flexibility index (Phi) is 5.57. The number of rotatable bonds is 7. The third-order valence-electron chi connectivity index (χ3n) is 4.63. The summed E-state index contributed by atoms with van der Waals surface area (Å²) < 4.78 is 7.76. The molecule has 0 radical (unpaired) electrons. The predicted molar refractivity (Wildman–Crippen MR) is 118 cm³/mol. The molecular formula is C22H22N4O2S. The van der Waals surface area contributed by atoms with Gasteiger partial charge in [-0.05, 0) is 36.2 Å². The van der Waals surface area contributed by atoms with Crippen LogP contribution in [-0.2, 0) is 13.0 Å². The van der Waals surface area contributed by atoms with E-state index in [4.69, 9.17) is 4.74 Å². The number of thiazole rings is 1. The van der Waals surface area contributed by atoms with Gasteiger partial charge in [-0.3, -0.25) is 14.9 Å². The van der Waals surface area contributed by atoms with Crippen molar-refractivity contribution < 1.29 is 4.74 Å². The molecule has 0 aliphatic rings. The van der Waals surface area contributed by atoms with E-state index in [2.05, 4.69) is 22.0 Å². The van der Waals surface area contributed by atoms with Crippen LogP contribution < -0.4 is 10.3 Å². The number of aliphatic imine (C=N–C) groups is 1. The number of fused-ring (bicyclic) bond motifs is 1. The molecule has 29 heavy (non-hydrogen) atoms. The molecule has 6 nitrogen and oxygen atoms in total. The number of nitrogens with zero attached hydrogens (tertiary/aromatic N) is 3. The Morgan fingerprint density at radius 3 is 2.72 bits per heavy atom. The lowest BCUT2D eigenvalue weighted by atomic mass is 10.2. The first kappa shape index (κ1) is 19.1. The normalized spacial score (nSPS) is 11.5. The van der Waals surface area contributed by atoms with Gasteiger partial charge in [0.2, 0.25) is 5.13 Å². The number of methoxy groups -OCH3 is 1. The number of nitrogens with one attached hydrogen (secondary N) is 1. The molecule has 0 aliphatic heterocycles. The van der Waals surface area contributed by atoms with Crippen LogP contribution >= 0.6 is 11.3 Å². The van der Waals surface area contributed by atoms with E-state index < -0.39 is 0 Å². The lowest BCUT2D eigenvalue weighted by Crippen LogP contribution is -2.17. The summed E-state index contributed by atoms with van der Waals surface area (Å²) in [5.41, 5.74) is 3.31. The zero-order valence-electron chi connectivity index (χ0n) is 16.4. The fourth-order valence-corrected chi connectivity index (χ4v) is 4.06. The molecule has 0 saturated heterocycles. The highest BCUT2D eigenvalue weighted by Crippen LogP contribution is 2.23. The minimum absolute atomic E-state index is 0.119. The molecule has 0 fully saturated rings. The Morgan fingerprint density at radius 1 is 1.21 bits per heavy atom. The lowest BCUT2D eigenvalue weighted by Gasteiger charge is -2.00. The summed E-state index contributed by atoms with van der Waals surface area (Å²) >= 11 is 1.49. The third-order valence-corrected chi connectivity index (χ3v) is 5.65. The molecule has 0 saturated carbocycles. The van der Waals surface area contributed by atoms with Gasteiger partial charge in [-0.25, -0.2) is 4.98 Å². The van der Waals surface area contributed by atoms with E-state index in [0.717, 1.165) is 40.1 Å². The van der Waals surface area contributed by atoms with Crippen LogP contribution in [0.15, 0.2) is 58.3 Å². The molecule has 2 aromatic heterocycles. The Morgan fingerprint density at radius 2 is 2.00 bits per heavy atom. The summed E-state index contributed by atoms with van der Waals surface area (Å²) in [7, 11) is 1.64. The molecule has 2 aromatic carbocycles. The molecular weight excluding hydrogens is 384 g/mol. The molecule has 4 rings (SSSR count). The maximum atomic E-state index is 13.1. The second-order valence-corrected chi connectivity index (χ2v) is 7.69. The number of para-hydroxylation sites is 1. The molecule has 4 aromatic rings. The van der Waals surface area contributed by atoms with Crippen molar-refractivity contribution in [1.29, 1.82) is 0 Å². The van der Waals surface area contributed by atoms with Crippen molar-refractivity contribution in [2.24, 2.45) is 4.99 Å². The summed E-state index contributed by atoms with van der Waals surface area (Å²) in [5, 5.41) is 3.88. The Bertz CT molecular complexity index is 1170. The summed E-state index contributed by atoms with van der Waals surface area (Å²) in [6.07, 6.45) is 3.38. The van der Waals surface area contributed by atoms with Gasteiger partial charge in [0.1, 0.15) is 5.75 Å². The zero-order valence-corrected chi connectivity index (χ0v) is 17.2. The number of aryl methyl sites for hydroxylation is 1. The van der Waals surface area contributed by atoms with Crippen LogP contribution in [0.5, 0.6) is 5.75 Å². The smallest absolute Gasteiger partial charge is 0.282 e. The molecule has 0 aliphatic carbocycles. The second-order valence-electron chi connectivity index (χ2n) is 6.68. The monoisotopic (exact) mass is 406 g/mol. The number of hydrogen-bond donors (Lipinski definition) is 1. The van der Waals surface area contributed by atoms with Crippen molar-refractivity contribution in [2.75, 3.05) is 7.11 Å². The third kappa shape index (κ3) is 4.00. The van der Waals surface area contributed by atoms with Crippen LogP contribution in [0.4, 0.5) is 0 Å². The van der Waals surface area contributed by atoms with Crippen LogP contribution in [0.2, 0.25) is 0 Å². The maximum Gasteiger partial charge on any atom is 0.282 e. The number of H-pyrrole nitrogens is 1. The fraction of sp³-hybridized carbons (Fsp3) is 0.227. The van der Waals surface area contributed by atoms with Crippen molar-refractivity contribution in [3.63, 3.8) is 0 Å². The van der Waals surface area contributed by atoms with Crippen molar-refractivity contribution >= 4 is 27.8 Å². The van der Waals surface area contributed by atoms with Gasteiger partial charge < -0.3 is 4.74 Å². The second kappa shape index (κ2) is 8.45. The van der Waals surface area contributed by atoms with Crippen LogP contribution in [-0.4, -0.2) is 28.1 Å². The minimum Gasteiger partial charge on any atom is -0.497 e. The fourth-order valence-electron chi connectivity index (χ4n) is 3.13. The van der Waals surface area contributed by atoms with Crippen molar-refractivity contribution in [3.8, 4) is 10.9 Å². The molecule has 0 amide bonds. The zero-order chi connectivity index (χ0) is 20.2. The predicted octanol–water partition coefficient (Wildman–Crippen LogP) is 4.36.